The van der Waals surface area contributed by atoms with Crippen molar-refractivity contribution in [1.29, 1.82) is 0 Å². The number of benzene rings is 1. The fourth-order valence-electron chi connectivity index (χ4n) is 3.40. The molecule has 0 saturated carbocycles. The first-order valence-corrected chi connectivity index (χ1v) is 11.6. The van der Waals surface area contributed by atoms with Crippen LogP contribution in [0.5, 0.6) is 0 Å². The van der Waals surface area contributed by atoms with Crippen LogP contribution in [0.2, 0.25) is 0 Å². The zero-order valence-electron chi connectivity index (χ0n) is 18.3. The van der Waals surface area contributed by atoms with E-state index in [1.54, 1.807) is 6.92 Å². The minimum Gasteiger partial charge on any atom is -0.462 e. The van der Waals surface area contributed by atoms with E-state index in [4.69, 9.17) is 17.0 Å². The number of anilines is 1. The summed E-state index contributed by atoms with van der Waals surface area (Å²) in [5.41, 5.74) is 3.89. The normalized spacial score (nSPS) is 11.7. The number of nitrogens with zero attached hydrogens (tertiary/aromatic N) is 2. The molecule has 2 N–H and O–H groups in total. The van der Waals surface area contributed by atoms with Crippen molar-refractivity contribution in [2.24, 2.45) is 0 Å². The summed E-state index contributed by atoms with van der Waals surface area (Å²) in [7, 11) is 0. The van der Waals surface area contributed by atoms with E-state index >= 15 is 0 Å². The summed E-state index contributed by atoms with van der Waals surface area (Å²) in [5, 5.41) is 12.1. The molecule has 1 atom stereocenters. The predicted molar refractivity (Wildman–Crippen MR) is 130 cm³/mol. The summed E-state index contributed by atoms with van der Waals surface area (Å²) in [6, 6.07) is 12.0. The molecular formula is C23H28N4O2S2. The fraction of sp³-hybridized carbons (Fsp3) is 0.348. The largest absolute Gasteiger partial charge is 0.462 e. The van der Waals surface area contributed by atoms with Crippen molar-refractivity contribution in [3.63, 3.8) is 0 Å². The van der Waals surface area contributed by atoms with Crippen LogP contribution < -0.4 is 10.6 Å². The molecular weight excluding hydrogens is 428 g/mol. The summed E-state index contributed by atoms with van der Waals surface area (Å²) in [4.78, 5) is 13.6. The molecule has 0 fully saturated rings. The average Bonchev–Trinajstić information content (AvgIpc) is 3.31. The van der Waals surface area contributed by atoms with E-state index in [-0.39, 0.29) is 12.0 Å². The molecule has 0 bridgehead atoms. The second-order valence-corrected chi connectivity index (χ2v) is 8.70. The van der Waals surface area contributed by atoms with E-state index in [0.29, 0.717) is 22.3 Å². The third-order valence-electron chi connectivity index (χ3n) is 4.98. The van der Waals surface area contributed by atoms with E-state index in [2.05, 4.69) is 41.7 Å². The third-order valence-corrected chi connectivity index (χ3v) is 6.25. The van der Waals surface area contributed by atoms with Gasteiger partial charge in [0.25, 0.3) is 0 Å². The van der Waals surface area contributed by atoms with Gasteiger partial charge in [-0.25, -0.2) is 4.79 Å². The van der Waals surface area contributed by atoms with E-state index in [9.17, 15) is 4.79 Å². The lowest BCUT2D eigenvalue weighted by Crippen LogP contribution is -2.31. The van der Waals surface area contributed by atoms with Gasteiger partial charge < -0.3 is 15.4 Å². The van der Waals surface area contributed by atoms with Gasteiger partial charge in [0.1, 0.15) is 5.00 Å². The van der Waals surface area contributed by atoms with Crippen molar-refractivity contribution < 1.29 is 9.53 Å². The monoisotopic (exact) mass is 456 g/mol. The molecule has 2 heterocycles. The smallest absolute Gasteiger partial charge is 0.341 e. The highest BCUT2D eigenvalue weighted by Gasteiger charge is 2.20. The molecule has 164 valence electrons. The lowest BCUT2D eigenvalue weighted by atomic mass is 10.1. The molecule has 3 aromatic rings. The predicted octanol–water partition coefficient (Wildman–Crippen LogP) is 5.09. The van der Waals surface area contributed by atoms with Crippen molar-refractivity contribution >= 4 is 39.6 Å². The second-order valence-electron chi connectivity index (χ2n) is 7.16. The van der Waals surface area contributed by atoms with Gasteiger partial charge in [-0.2, -0.15) is 5.10 Å². The molecule has 0 aliphatic carbocycles. The van der Waals surface area contributed by atoms with Crippen molar-refractivity contribution in [3.05, 3.63) is 69.9 Å². The quantitative estimate of drug-likeness (QED) is 0.364. The molecule has 3 rings (SSSR count). The molecule has 8 heteroatoms. The van der Waals surface area contributed by atoms with Crippen LogP contribution in [0, 0.1) is 6.92 Å². The van der Waals surface area contributed by atoms with Crippen LogP contribution in [-0.2, 0) is 17.7 Å². The van der Waals surface area contributed by atoms with Gasteiger partial charge in [0, 0.05) is 29.1 Å². The van der Waals surface area contributed by atoms with E-state index in [1.165, 1.54) is 16.9 Å². The highest BCUT2D eigenvalue weighted by molar-refractivity contribution is 7.80. The van der Waals surface area contributed by atoms with Gasteiger partial charge in [-0.3, -0.25) is 4.68 Å². The molecule has 0 aliphatic heterocycles. The van der Waals surface area contributed by atoms with Gasteiger partial charge in [-0.05, 0) is 51.5 Å². The number of thiophene rings is 1. The van der Waals surface area contributed by atoms with Crippen LogP contribution in [0.1, 0.15) is 58.9 Å². The highest BCUT2D eigenvalue weighted by atomic mass is 32.1. The first-order valence-electron chi connectivity index (χ1n) is 10.4. The van der Waals surface area contributed by atoms with Crippen molar-refractivity contribution in [3.8, 4) is 0 Å². The number of esters is 1. The van der Waals surface area contributed by atoms with Crippen molar-refractivity contribution in [1.82, 2.24) is 15.1 Å². The lowest BCUT2D eigenvalue weighted by Gasteiger charge is -2.17. The minimum atomic E-state index is -0.350. The van der Waals surface area contributed by atoms with E-state index in [1.807, 2.05) is 42.1 Å². The maximum atomic E-state index is 12.5. The number of aromatic nitrogens is 2. The van der Waals surface area contributed by atoms with Crippen molar-refractivity contribution in [2.75, 3.05) is 11.9 Å². The van der Waals surface area contributed by atoms with Gasteiger partial charge in [-0.15, -0.1) is 11.3 Å². The molecule has 0 saturated heterocycles. The Balaban J connectivity index is 1.75. The molecule has 1 unspecified atom stereocenters. The molecule has 31 heavy (non-hydrogen) atoms. The van der Waals surface area contributed by atoms with Crippen LogP contribution in [-0.4, -0.2) is 27.5 Å². The molecule has 0 radical (unpaired) electrons. The van der Waals surface area contributed by atoms with Gasteiger partial charge in [0.15, 0.2) is 5.11 Å². The van der Waals surface area contributed by atoms with Crippen molar-refractivity contribution in [2.45, 2.75) is 46.7 Å². The lowest BCUT2D eigenvalue weighted by molar-refractivity contribution is 0.0528. The number of carbonyl (C=O) groups excluding carboxylic acids is 1. The molecule has 1 aromatic carbocycles. The maximum absolute atomic E-state index is 12.5. The SMILES string of the molecule is CCOC(=O)c1cc(Cc2ccccc2)sc1NC(=S)NC(C)c1cnn(CC)c1C. The van der Waals surface area contributed by atoms with Crippen LogP contribution in [0.3, 0.4) is 0 Å². The van der Waals surface area contributed by atoms with E-state index in [0.717, 1.165) is 29.1 Å². The number of hydrogen-bond donors (Lipinski definition) is 2. The topological polar surface area (TPSA) is 68.2 Å². The van der Waals surface area contributed by atoms with Gasteiger partial charge in [0.05, 0.1) is 24.4 Å². The summed E-state index contributed by atoms with van der Waals surface area (Å²) < 4.78 is 7.20. The number of aryl methyl sites for hydroxylation is 1. The van der Waals surface area contributed by atoms with Crippen LogP contribution >= 0.6 is 23.6 Å². The second kappa shape index (κ2) is 10.5. The zero-order valence-corrected chi connectivity index (χ0v) is 19.9. The number of hydrogen-bond acceptors (Lipinski definition) is 5. The Morgan fingerprint density at radius 2 is 2.03 bits per heavy atom. The number of carbonyl (C=O) groups is 1. The van der Waals surface area contributed by atoms with Crippen LogP contribution in [0.25, 0.3) is 0 Å². The zero-order chi connectivity index (χ0) is 22.4. The van der Waals surface area contributed by atoms with Gasteiger partial charge in [0.2, 0.25) is 0 Å². The Hall–Kier alpha value is -2.71. The molecule has 0 spiro atoms. The minimum absolute atomic E-state index is 0.0184. The summed E-state index contributed by atoms with van der Waals surface area (Å²) in [6.45, 7) is 9.10. The standard InChI is InChI=1S/C23H28N4O2S2/c1-5-27-16(4)20(14-24-27)15(3)25-23(30)26-21-19(22(28)29-6-2)13-18(31-21)12-17-10-8-7-9-11-17/h7-11,13-15H,5-6,12H2,1-4H3,(H2,25,26,30). The number of thiocarbonyl (C=S) groups is 1. The molecule has 6 nitrogen and oxygen atoms in total. The van der Waals surface area contributed by atoms with Crippen LogP contribution in [0.15, 0.2) is 42.6 Å². The number of nitrogens with one attached hydrogen (secondary N) is 2. The number of rotatable bonds is 8. The fourth-order valence-corrected chi connectivity index (χ4v) is 4.82. The molecule has 0 amide bonds. The molecule has 0 aliphatic rings. The first kappa shape index (κ1) is 23.0. The summed E-state index contributed by atoms with van der Waals surface area (Å²) >= 11 is 7.06. The average molecular weight is 457 g/mol. The highest BCUT2D eigenvalue weighted by Crippen LogP contribution is 2.31. The maximum Gasteiger partial charge on any atom is 0.341 e. The Labute approximate surface area is 192 Å². The van der Waals surface area contributed by atoms with Gasteiger partial charge >= 0.3 is 5.97 Å². The first-order chi connectivity index (χ1) is 14.9. The summed E-state index contributed by atoms with van der Waals surface area (Å²) in [5.74, 6) is -0.350. The Morgan fingerprint density at radius 1 is 1.29 bits per heavy atom. The van der Waals surface area contributed by atoms with E-state index < -0.39 is 0 Å². The Bertz CT molecular complexity index is 1040. The van der Waals surface area contributed by atoms with Gasteiger partial charge in [-0.1, -0.05) is 30.3 Å². The Morgan fingerprint density at radius 3 is 2.68 bits per heavy atom. The third kappa shape index (κ3) is 5.71. The summed E-state index contributed by atoms with van der Waals surface area (Å²) in [6.07, 6.45) is 2.61. The molecule has 2 aromatic heterocycles. The number of ether oxygens (including phenoxy) is 1. The Kier molecular flexibility index (Phi) is 7.81. The van der Waals surface area contributed by atoms with Crippen LogP contribution in [0.4, 0.5) is 5.00 Å².